The normalized spacial score (nSPS) is 15.2. The third-order valence-corrected chi connectivity index (χ3v) is 6.51. The highest BCUT2D eigenvalue weighted by Crippen LogP contribution is 2.28. The average molecular weight is 399 g/mol. The number of fused-ring (bicyclic) bond motifs is 1. The Hall–Kier alpha value is -2.38. The molecule has 1 aliphatic rings. The molecule has 0 bridgehead atoms. The third kappa shape index (κ3) is 4.05. The van der Waals surface area contributed by atoms with Gasteiger partial charge < -0.3 is 15.3 Å². The molecule has 3 heterocycles. The van der Waals surface area contributed by atoms with Crippen LogP contribution >= 0.6 is 11.3 Å². The number of carbonyl (C=O) groups is 1. The molecule has 1 aliphatic heterocycles. The summed E-state index contributed by atoms with van der Waals surface area (Å²) >= 11 is 1.76. The molecule has 0 aliphatic carbocycles. The van der Waals surface area contributed by atoms with Gasteiger partial charge in [0, 0.05) is 42.1 Å². The summed E-state index contributed by atoms with van der Waals surface area (Å²) in [7, 11) is 0. The van der Waals surface area contributed by atoms with Crippen molar-refractivity contribution in [1.82, 2.24) is 20.0 Å². The Morgan fingerprint density at radius 3 is 2.89 bits per heavy atom. The number of carbonyl (C=O) groups excluding carboxylic acids is 1. The zero-order chi connectivity index (χ0) is 19.3. The number of nitrogens with one attached hydrogen (secondary N) is 1. The van der Waals surface area contributed by atoms with Gasteiger partial charge in [-0.25, -0.2) is 4.79 Å². The van der Waals surface area contributed by atoms with Gasteiger partial charge in [0.25, 0.3) is 0 Å². The van der Waals surface area contributed by atoms with Gasteiger partial charge in [0.1, 0.15) is 0 Å². The number of aliphatic hydroxyl groups is 1. The van der Waals surface area contributed by atoms with Crippen molar-refractivity contribution in [1.29, 1.82) is 0 Å². The maximum atomic E-state index is 12.5. The van der Waals surface area contributed by atoms with Crippen LogP contribution in [0, 0.1) is 0 Å². The first kappa shape index (κ1) is 19.0. The number of benzene rings is 1. The minimum atomic E-state index is 0.0295. The smallest absolute Gasteiger partial charge is 0.317 e. The Morgan fingerprint density at radius 1 is 1.25 bits per heavy atom. The van der Waals surface area contributed by atoms with Crippen LogP contribution in [0.15, 0.2) is 41.9 Å². The summed E-state index contributed by atoms with van der Waals surface area (Å²) in [6.45, 7) is 2.78. The minimum Gasteiger partial charge on any atom is -0.394 e. The number of amides is 2. The van der Waals surface area contributed by atoms with E-state index in [0.717, 1.165) is 32.4 Å². The molecule has 148 valence electrons. The number of aromatic nitrogens is 2. The van der Waals surface area contributed by atoms with Crippen molar-refractivity contribution in [2.45, 2.75) is 31.7 Å². The van der Waals surface area contributed by atoms with Crippen molar-refractivity contribution in [3.05, 3.63) is 53.2 Å². The van der Waals surface area contributed by atoms with Crippen molar-refractivity contribution >= 4 is 27.5 Å². The highest BCUT2D eigenvalue weighted by atomic mass is 32.1. The molecular formula is C21H26N4O2S. The van der Waals surface area contributed by atoms with E-state index in [1.54, 1.807) is 17.5 Å². The van der Waals surface area contributed by atoms with Crippen LogP contribution < -0.4 is 5.32 Å². The van der Waals surface area contributed by atoms with Gasteiger partial charge in [-0.3, -0.25) is 4.68 Å². The Labute approximate surface area is 168 Å². The fourth-order valence-electron chi connectivity index (χ4n) is 3.99. The van der Waals surface area contributed by atoms with Gasteiger partial charge in [-0.2, -0.15) is 5.10 Å². The van der Waals surface area contributed by atoms with Crippen LogP contribution in [-0.2, 0) is 13.0 Å². The molecule has 2 amide bonds. The Morgan fingerprint density at radius 2 is 2.07 bits per heavy atom. The van der Waals surface area contributed by atoms with E-state index in [9.17, 15) is 4.79 Å². The molecule has 3 aromatic rings. The average Bonchev–Trinajstić information content (AvgIpc) is 3.36. The van der Waals surface area contributed by atoms with E-state index in [0.29, 0.717) is 19.0 Å². The highest BCUT2D eigenvalue weighted by molar-refractivity contribution is 7.17. The van der Waals surface area contributed by atoms with Crippen LogP contribution in [0.2, 0.25) is 0 Å². The number of nitrogens with zero attached hydrogens (tertiary/aromatic N) is 3. The summed E-state index contributed by atoms with van der Waals surface area (Å²) in [6, 6.07) is 10.5. The molecular weight excluding hydrogens is 372 g/mol. The van der Waals surface area contributed by atoms with Crippen LogP contribution in [0.4, 0.5) is 4.79 Å². The molecule has 2 N–H and O–H groups in total. The Balaban J connectivity index is 1.25. The second kappa shape index (κ2) is 8.75. The molecule has 0 radical (unpaired) electrons. The first-order valence-corrected chi connectivity index (χ1v) is 10.7. The van der Waals surface area contributed by atoms with Crippen molar-refractivity contribution < 1.29 is 9.90 Å². The highest BCUT2D eigenvalue weighted by Gasteiger charge is 2.25. The number of piperidine rings is 1. The fraction of sp³-hybridized carbons (Fsp3) is 0.429. The lowest BCUT2D eigenvalue weighted by Crippen LogP contribution is -2.44. The molecule has 0 unspecified atom stereocenters. The second-order valence-corrected chi connectivity index (χ2v) is 8.11. The molecule has 1 fully saturated rings. The Bertz CT molecular complexity index is 927. The molecule has 0 spiro atoms. The maximum absolute atomic E-state index is 12.5. The lowest BCUT2D eigenvalue weighted by Gasteiger charge is -2.32. The van der Waals surface area contributed by atoms with Crippen LogP contribution in [0.25, 0.3) is 10.1 Å². The van der Waals surface area contributed by atoms with Crippen LogP contribution in [0.1, 0.15) is 30.0 Å². The maximum Gasteiger partial charge on any atom is 0.317 e. The number of hydrogen-bond acceptors (Lipinski definition) is 4. The largest absolute Gasteiger partial charge is 0.394 e. The number of hydrogen-bond donors (Lipinski definition) is 2. The topological polar surface area (TPSA) is 70.4 Å². The van der Waals surface area contributed by atoms with Crippen molar-refractivity contribution in [3.8, 4) is 0 Å². The number of thiophene rings is 1. The molecule has 1 aromatic carbocycles. The molecule has 6 nitrogen and oxygen atoms in total. The number of rotatable bonds is 6. The molecule has 28 heavy (non-hydrogen) atoms. The van der Waals surface area contributed by atoms with E-state index in [1.165, 1.54) is 21.3 Å². The van der Waals surface area contributed by atoms with Crippen molar-refractivity contribution in [3.63, 3.8) is 0 Å². The quantitative estimate of drug-likeness (QED) is 0.670. The predicted octanol–water partition coefficient (Wildman–Crippen LogP) is 3.22. The van der Waals surface area contributed by atoms with Crippen molar-refractivity contribution in [2.24, 2.45) is 0 Å². The van der Waals surface area contributed by atoms with E-state index < -0.39 is 0 Å². The van der Waals surface area contributed by atoms with E-state index in [-0.39, 0.29) is 12.6 Å². The van der Waals surface area contributed by atoms with Crippen LogP contribution in [0.5, 0.6) is 0 Å². The zero-order valence-corrected chi connectivity index (χ0v) is 16.7. The van der Waals surface area contributed by atoms with Gasteiger partial charge in [0.05, 0.1) is 13.2 Å². The Kier molecular flexibility index (Phi) is 5.92. The molecule has 7 heteroatoms. The second-order valence-electron chi connectivity index (χ2n) is 7.20. The first-order valence-electron chi connectivity index (χ1n) is 9.86. The molecule has 4 rings (SSSR count). The predicted molar refractivity (Wildman–Crippen MR) is 112 cm³/mol. The summed E-state index contributed by atoms with van der Waals surface area (Å²) in [4.78, 5) is 14.4. The summed E-state index contributed by atoms with van der Waals surface area (Å²) in [6.07, 6.45) is 4.50. The number of likely N-dealkylation sites (tertiary alicyclic amines) is 1. The summed E-state index contributed by atoms with van der Waals surface area (Å²) in [5.41, 5.74) is 2.47. The lowest BCUT2D eigenvalue weighted by molar-refractivity contribution is 0.180. The van der Waals surface area contributed by atoms with E-state index in [2.05, 4.69) is 40.1 Å². The minimum absolute atomic E-state index is 0.0295. The standard InChI is InChI=1S/C21H26N4O2S/c26-14-13-25-19(6-10-23-25)16-7-11-24(12-8-16)21(27)22-9-5-17-15-28-20-4-2-1-3-18(17)20/h1-4,6,10,15-16,26H,5,7-9,11-14H2,(H,22,27). The third-order valence-electron chi connectivity index (χ3n) is 5.49. The summed E-state index contributed by atoms with van der Waals surface area (Å²) < 4.78 is 3.18. The number of aliphatic hydroxyl groups excluding tert-OH is 1. The van der Waals surface area contributed by atoms with Gasteiger partial charge >= 0.3 is 6.03 Å². The van der Waals surface area contributed by atoms with E-state index in [1.807, 2.05) is 15.6 Å². The SMILES string of the molecule is O=C(NCCc1csc2ccccc12)N1CCC(c2ccnn2CCO)CC1. The zero-order valence-electron chi connectivity index (χ0n) is 15.9. The summed E-state index contributed by atoms with van der Waals surface area (Å²) in [5, 5.41) is 20.0. The van der Waals surface area contributed by atoms with Crippen molar-refractivity contribution in [2.75, 3.05) is 26.2 Å². The van der Waals surface area contributed by atoms with Gasteiger partial charge in [0.2, 0.25) is 0 Å². The van der Waals surface area contributed by atoms with Gasteiger partial charge in [0.15, 0.2) is 0 Å². The summed E-state index contributed by atoms with van der Waals surface area (Å²) in [5.74, 6) is 0.398. The first-order chi connectivity index (χ1) is 13.8. The molecule has 0 saturated carbocycles. The number of urea groups is 1. The lowest BCUT2D eigenvalue weighted by atomic mass is 9.93. The van der Waals surface area contributed by atoms with E-state index >= 15 is 0 Å². The van der Waals surface area contributed by atoms with Crippen LogP contribution in [-0.4, -0.2) is 52.1 Å². The van der Waals surface area contributed by atoms with Gasteiger partial charge in [-0.15, -0.1) is 11.3 Å². The molecule has 1 saturated heterocycles. The van der Waals surface area contributed by atoms with Gasteiger partial charge in [-0.1, -0.05) is 18.2 Å². The molecule has 2 aromatic heterocycles. The van der Waals surface area contributed by atoms with Crippen LogP contribution in [0.3, 0.4) is 0 Å². The molecule has 0 atom stereocenters. The fourth-order valence-corrected chi connectivity index (χ4v) is 4.99. The van der Waals surface area contributed by atoms with E-state index in [4.69, 9.17) is 5.11 Å². The van der Waals surface area contributed by atoms with Gasteiger partial charge in [-0.05, 0) is 47.7 Å². The monoisotopic (exact) mass is 398 g/mol.